The summed E-state index contributed by atoms with van der Waals surface area (Å²) in [5.41, 5.74) is 1.49. The molecule has 0 radical (unpaired) electrons. The quantitative estimate of drug-likeness (QED) is 0.590. The summed E-state index contributed by atoms with van der Waals surface area (Å²) in [5, 5.41) is 0.798. The molecule has 6 heteroatoms. The van der Waals surface area contributed by atoms with Crippen LogP contribution in [-0.2, 0) is 5.88 Å². The average molecular weight is 330 g/mol. The van der Waals surface area contributed by atoms with Gasteiger partial charge in [0.2, 0.25) is 0 Å². The lowest BCUT2D eigenvalue weighted by Crippen LogP contribution is -2.00. The molecule has 2 aromatic carbocycles. The molecule has 0 aliphatic rings. The highest BCUT2D eigenvalue weighted by molar-refractivity contribution is 6.43. The molecule has 0 saturated carbocycles. The largest absolute Gasteiger partial charge is 0.294 e. The second kappa shape index (κ2) is 5.24. The van der Waals surface area contributed by atoms with E-state index in [1.807, 2.05) is 0 Å². The van der Waals surface area contributed by atoms with Crippen molar-refractivity contribution >= 4 is 45.8 Å². The molecule has 0 saturated heterocycles. The predicted molar refractivity (Wildman–Crippen MR) is 80.6 cm³/mol. The third-order valence-electron chi connectivity index (χ3n) is 3.00. The molecule has 0 N–H and O–H groups in total. The lowest BCUT2D eigenvalue weighted by atomic mass is 10.2. The van der Waals surface area contributed by atoms with Gasteiger partial charge in [-0.3, -0.25) is 4.57 Å². The molecule has 0 spiro atoms. The number of fused-ring (bicyclic) bond motifs is 1. The van der Waals surface area contributed by atoms with Crippen molar-refractivity contribution in [3.63, 3.8) is 0 Å². The molecule has 0 fully saturated rings. The van der Waals surface area contributed by atoms with Gasteiger partial charge < -0.3 is 0 Å². The first-order valence-electron chi connectivity index (χ1n) is 5.79. The van der Waals surface area contributed by atoms with Crippen molar-refractivity contribution in [1.29, 1.82) is 0 Å². The van der Waals surface area contributed by atoms with Gasteiger partial charge in [0.05, 0.1) is 27.1 Å². The average Bonchev–Trinajstić information content (AvgIpc) is 2.82. The topological polar surface area (TPSA) is 17.8 Å². The van der Waals surface area contributed by atoms with Crippen molar-refractivity contribution in [3.8, 4) is 5.69 Å². The first-order valence-corrected chi connectivity index (χ1v) is 7.08. The van der Waals surface area contributed by atoms with Crippen LogP contribution in [0, 0.1) is 5.82 Å². The minimum absolute atomic E-state index is 0.136. The van der Waals surface area contributed by atoms with E-state index in [-0.39, 0.29) is 11.4 Å². The fourth-order valence-electron chi connectivity index (χ4n) is 2.14. The molecule has 3 rings (SSSR count). The van der Waals surface area contributed by atoms with E-state index in [0.29, 0.717) is 27.1 Å². The third-order valence-corrected chi connectivity index (χ3v) is 4.04. The van der Waals surface area contributed by atoms with Crippen molar-refractivity contribution in [1.82, 2.24) is 9.55 Å². The molecular formula is C14H8Cl3FN2. The highest BCUT2D eigenvalue weighted by atomic mass is 35.5. The molecular weight excluding hydrogens is 322 g/mol. The van der Waals surface area contributed by atoms with Gasteiger partial charge in [-0.2, -0.15) is 0 Å². The Labute approximate surface area is 129 Å². The second-order valence-electron chi connectivity index (χ2n) is 4.18. The van der Waals surface area contributed by atoms with Crippen molar-refractivity contribution in [3.05, 3.63) is 58.1 Å². The summed E-state index contributed by atoms with van der Waals surface area (Å²) in [4.78, 5) is 4.23. The van der Waals surface area contributed by atoms with Gasteiger partial charge in [-0.15, -0.1) is 11.6 Å². The molecule has 1 aromatic heterocycles. The maximum absolute atomic E-state index is 13.8. The maximum atomic E-state index is 13.8. The predicted octanol–water partition coefficient (Wildman–Crippen LogP) is 5.21. The van der Waals surface area contributed by atoms with E-state index in [9.17, 15) is 4.39 Å². The highest BCUT2D eigenvalue weighted by Crippen LogP contribution is 2.32. The van der Waals surface area contributed by atoms with Gasteiger partial charge >= 0.3 is 0 Å². The SMILES string of the molecule is Fc1cccc2c1nc(CCl)n2-c1cccc(Cl)c1Cl. The number of imidazole rings is 1. The van der Waals surface area contributed by atoms with Crippen LogP contribution in [0.3, 0.4) is 0 Å². The number of rotatable bonds is 2. The Hall–Kier alpha value is -1.29. The van der Waals surface area contributed by atoms with E-state index in [4.69, 9.17) is 34.8 Å². The number of hydrogen-bond acceptors (Lipinski definition) is 1. The van der Waals surface area contributed by atoms with Crippen molar-refractivity contribution in [2.45, 2.75) is 5.88 Å². The Kier molecular flexibility index (Phi) is 3.59. The number of aromatic nitrogens is 2. The van der Waals surface area contributed by atoms with E-state index < -0.39 is 5.82 Å². The van der Waals surface area contributed by atoms with Gasteiger partial charge in [0.1, 0.15) is 11.3 Å². The van der Waals surface area contributed by atoms with E-state index in [1.165, 1.54) is 6.07 Å². The van der Waals surface area contributed by atoms with Crippen LogP contribution >= 0.6 is 34.8 Å². The van der Waals surface area contributed by atoms with Crippen molar-refractivity contribution in [2.75, 3.05) is 0 Å². The van der Waals surface area contributed by atoms with E-state index in [0.717, 1.165) is 0 Å². The second-order valence-corrected chi connectivity index (χ2v) is 5.23. The van der Waals surface area contributed by atoms with Crippen molar-refractivity contribution < 1.29 is 4.39 Å². The fraction of sp³-hybridized carbons (Fsp3) is 0.0714. The fourth-order valence-corrected chi connectivity index (χ4v) is 2.70. The van der Waals surface area contributed by atoms with Crippen LogP contribution in [-0.4, -0.2) is 9.55 Å². The molecule has 0 amide bonds. The Bertz CT molecular complexity index is 798. The molecule has 0 bridgehead atoms. The van der Waals surface area contributed by atoms with Crippen LogP contribution in [0.15, 0.2) is 36.4 Å². The number of nitrogens with zero attached hydrogens (tertiary/aromatic N) is 2. The van der Waals surface area contributed by atoms with Crippen LogP contribution in [0.5, 0.6) is 0 Å². The Morgan fingerprint density at radius 2 is 1.85 bits per heavy atom. The molecule has 1 heterocycles. The molecule has 0 atom stereocenters. The van der Waals surface area contributed by atoms with Gasteiger partial charge in [-0.05, 0) is 24.3 Å². The lowest BCUT2D eigenvalue weighted by molar-refractivity contribution is 0.637. The molecule has 0 unspecified atom stereocenters. The smallest absolute Gasteiger partial charge is 0.151 e. The monoisotopic (exact) mass is 328 g/mol. The summed E-state index contributed by atoms with van der Waals surface area (Å²) >= 11 is 18.2. The molecule has 102 valence electrons. The summed E-state index contributed by atoms with van der Waals surface area (Å²) in [6.07, 6.45) is 0. The number of halogens is 4. The van der Waals surface area contributed by atoms with Gasteiger partial charge in [0.25, 0.3) is 0 Å². The minimum Gasteiger partial charge on any atom is -0.294 e. The Morgan fingerprint density at radius 3 is 2.60 bits per heavy atom. The first kappa shape index (κ1) is 13.7. The summed E-state index contributed by atoms with van der Waals surface area (Å²) in [5.74, 6) is 0.249. The third kappa shape index (κ3) is 2.06. The zero-order valence-electron chi connectivity index (χ0n) is 10.1. The number of alkyl halides is 1. The Morgan fingerprint density at radius 1 is 1.10 bits per heavy atom. The zero-order valence-corrected chi connectivity index (χ0v) is 12.3. The molecule has 3 aromatic rings. The number of para-hydroxylation sites is 1. The van der Waals surface area contributed by atoms with Crippen LogP contribution in [0.2, 0.25) is 10.0 Å². The molecule has 0 aliphatic carbocycles. The van der Waals surface area contributed by atoms with Crippen LogP contribution in [0.1, 0.15) is 5.82 Å². The summed E-state index contributed by atoms with van der Waals surface area (Å²) in [7, 11) is 0. The lowest BCUT2D eigenvalue weighted by Gasteiger charge is -2.10. The summed E-state index contributed by atoms with van der Waals surface area (Å²) in [6, 6.07) is 9.98. The Balaban J connectivity index is 2.41. The zero-order chi connectivity index (χ0) is 14.3. The van der Waals surface area contributed by atoms with Crippen LogP contribution in [0.25, 0.3) is 16.7 Å². The summed E-state index contributed by atoms with van der Waals surface area (Å²) < 4.78 is 15.6. The molecule has 2 nitrogen and oxygen atoms in total. The standard InChI is InChI=1S/C14H8Cl3FN2/c15-7-12-19-14-9(18)4-2-6-11(14)20(12)10-5-1-3-8(16)13(10)17/h1-6H,7H2. The molecule has 20 heavy (non-hydrogen) atoms. The molecule has 0 aliphatic heterocycles. The maximum Gasteiger partial charge on any atom is 0.151 e. The van der Waals surface area contributed by atoms with E-state index >= 15 is 0 Å². The normalized spacial score (nSPS) is 11.2. The van der Waals surface area contributed by atoms with Gasteiger partial charge in [0, 0.05) is 0 Å². The van der Waals surface area contributed by atoms with Crippen LogP contribution < -0.4 is 0 Å². The van der Waals surface area contributed by atoms with Crippen LogP contribution in [0.4, 0.5) is 4.39 Å². The number of hydrogen-bond donors (Lipinski definition) is 0. The summed E-state index contributed by atoms with van der Waals surface area (Å²) in [6.45, 7) is 0. The number of benzene rings is 2. The van der Waals surface area contributed by atoms with Gasteiger partial charge in [0.15, 0.2) is 5.82 Å². The van der Waals surface area contributed by atoms with E-state index in [1.54, 1.807) is 34.9 Å². The first-order chi connectivity index (χ1) is 9.63. The minimum atomic E-state index is -0.397. The van der Waals surface area contributed by atoms with Crippen molar-refractivity contribution in [2.24, 2.45) is 0 Å². The highest BCUT2D eigenvalue weighted by Gasteiger charge is 2.17. The van der Waals surface area contributed by atoms with Gasteiger partial charge in [-0.25, -0.2) is 9.37 Å². The van der Waals surface area contributed by atoms with Gasteiger partial charge in [-0.1, -0.05) is 35.3 Å². The van der Waals surface area contributed by atoms with E-state index in [2.05, 4.69) is 4.98 Å².